The van der Waals surface area contributed by atoms with Gasteiger partial charge in [0.05, 0.1) is 0 Å². The van der Waals surface area contributed by atoms with E-state index in [0.29, 0.717) is 0 Å². The normalized spacial score (nSPS) is 12.4. The maximum absolute atomic E-state index is 5.75. The van der Waals surface area contributed by atoms with Gasteiger partial charge in [0.1, 0.15) is 0 Å². The maximum atomic E-state index is 5.75. The van der Waals surface area contributed by atoms with E-state index in [1.165, 1.54) is 0 Å². The number of hydrogen-bond donors (Lipinski definition) is 1. The minimum Gasteiger partial charge on any atom is -0.328 e. The van der Waals surface area contributed by atoms with Gasteiger partial charge in [0, 0.05) is 28.5 Å². The van der Waals surface area contributed by atoms with Crippen LogP contribution in [0.25, 0.3) is 11.4 Å². The van der Waals surface area contributed by atoms with Crippen molar-refractivity contribution in [2.24, 2.45) is 5.73 Å². The van der Waals surface area contributed by atoms with Crippen molar-refractivity contribution >= 4 is 15.9 Å². The van der Waals surface area contributed by atoms with Crippen LogP contribution >= 0.6 is 15.9 Å². The number of aryl methyl sites for hydroxylation is 1. The first-order valence-electron chi connectivity index (χ1n) is 5.89. The molecule has 94 valence electrons. The molecule has 2 aromatic rings. The van der Waals surface area contributed by atoms with Crippen molar-refractivity contribution in [3.05, 3.63) is 46.2 Å². The van der Waals surface area contributed by atoms with Gasteiger partial charge in [0.15, 0.2) is 5.82 Å². The van der Waals surface area contributed by atoms with Gasteiger partial charge in [-0.2, -0.15) is 0 Å². The van der Waals surface area contributed by atoms with E-state index in [-0.39, 0.29) is 6.04 Å². The highest BCUT2D eigenvalue weighted by molar-refractivity contribution is 9.10. The van der Waals surface area contributed by atoms with Crippen molar-refractivity contribution in [3.8, 4) is 11.4 Å². The Hall–Kier alpha value is -1.26. The molecule has 2 rings (SSSR count). The lowest BCUT2D eigenvalue weighted by Crippen LogP contribution is -2.18. The van der Waals surface area contributed by atoms with Crippen LogP contribution in [-0.4, -0.2) is 16.0 Å². The fourth-order valence-electron chi connectivity index (χ4n) is 1.85. The number of halogens is 1. The zero-order valence-corrected chi connectivity index (χ0v) is 12.1. The van der Waals surface area contributed by atoms with Crippen molar-refractivity contribution in [3.63, 3.8) is 0 Å². The molecule has 0 amide bonds. The Morgan fingerprint density at radius 2 is 1.94 bits per heavy atom. The minimum absolute atomic E-state index is 0.133. The summed E-state index contributed by atoms with van der Waals surface area (Å²) in [4.78, 5) is 8.82. The Balaban J connectivity index is 2.28. The number of rotatable bonds is 3. The van der Waals surface area contributed by atoms with Crippen molar-refractivity contribution < 1.29 is 0 Å². The summed E-state index contributed by atoms with van der Waals surface area (Å²) in [7, 11) is 0. The second-order valence-electron chi connectivity index (χ2n) is 4.56. The Bertz CT molecular complexity index is 535. The maximum Gasteiger partial charge on any atom is 0.159 e. The van der Waals surface area contributed by atoms with Crippen molar-refractivity contribution in [2.75, 3.05) is 0 Å². The molecule has 0 bridgehead atoms. The Kier molecular flexibility index (Phi) is 4.09. The van der Waals surface area contributed by atoms with Crippen LogP contribution in [-0.2, 0) is 6.42 Å². The van der Waals surface area contributed by atoms with E-state index in [2.05, 4.69) is 38.9 Å². The van der Waals surface area contributed by atoms with E-state index in [4.69, 9.17) is 5.73 Å². The topological polar surface area (TPSA) is 51.8 Å². The monoisotopic (exact) mass is 305 g/mol. The van der Waals surface area contributed by atoms with E-state index in [0.717, 1.165) is 33.4 Å². The first kappa shape index (κ1) is 13.2. The van der Waals surface area contributed by atoms with Crippen LogP contribution in [0.1, 0.15) is 18.1 Å². The Labute approximate surface area is 116 Å². The molecule has 0 saturated carbocycles. The van der Waals surface area contributed by atoms with Gasteiger partial charge >= 0.3 is 0 Å². The minimum atomic E-state index is 0.133. The first-order valence-corrected chi connectivity index (χ1v) is 6.68. The Morgan fingerprint density at radius 3 is 2.50 bits per heavy atom. The van der Waals surface area contributed by atoms with Gasteiger partial charge in [-0.3, -0.25) is 0 Å². The van der Waals surface area contributed by atoms with Gasteiger partial charge in [0.25, 0.3) is 0 Å². The highest BCUT2D eigenvalue weighted by atomic mass is 79.9. The molecule has 4 heteroatoms. The van der Waals surface area contributed by atoms with Crippen LogP contribution < -0.4 is 5.73 Å². The molecule has 3 nitrogen and oxygen atoms in total. The average Bonchev–Trinajstić information content (AvgIpc) is 2.30. The molecule has 0 aliphatic rings. The predicted molar refractivity (Wildman–Crippen MR) is 77.3 cm³/mol. The van der Waals surface area contributed by atoms with Crippen LogP contribution in [0.15, 0.2) is 35.1 Å². The SMILES string of the molecule is Cc1cc(Br)ccc1-c1ncc(CC(C)N)cn1. The summed E-state index contributed by atoms with van der Waals surface area (Å²) in [6.07, 6.45) is 4.51. The molecule has 1 unspecified atom stereocenters. The number of nitrogens with zero attached hydrogens (tertiary/aromatic N) is 2. The number of hydrogen-bond acceptors (Lipinski definition) is 3. The van der Waals surface area contributed by atoms with Gasteiger partial charge in [-0.15, -0.1) is 0 Å². The number of benzene rings is 1. The van der Waals surface area contributed by atoms with Crippen LogP contribution in [0, 0.1) is 6.92 Å². The summed E-state index contributed by atoms with van der Waals surface area (Å²) in [6.45, 7) is 4.03. The van der Waals surface area contributed by atoms with E-state index >= 15 is 0 Å². The number of nitrogens with two attached hydrogens (primary N) is 1. The molecular weight excluding hydrogens is 290 g/mol. The van der Waals surface area contributed by atoms with Crippen LogP contribution in [0.3, 0.4) is 0 Å². The molecule has 1 aromatic carbocycles. The standard InChI is InChI=1S/C14H16BrN3/c1-9-5-12(15)3-4-13(9)14-17-7-11(8-18-14)6-10(2)16/h3-5,7-8,10H,6,16H2,1-2H3. The summed E-state index contributed by atoms with van der Waals surface area (Å²) >= 11 is 3.45. The van der Waals surface area contributed by atoms with Crippen molar-refractivity contribution in [2.45, 2.75) is 26.3 Å². The first-order chi connectivity index (χ1) is 8.56. The van der Waals surface area contributed by atoms with Gasteiger partial charge in [-0.1, -0.05) is 15.9 Å². The molecule has 0 fully saturated rings. The molecule has 0 radical (unpaired) electrons. The highest BCUT2D eigenvalue weighted by Crippen LogP contribution is 2.23. The zero-order valence-electron chi connectivity index (χ0n) is 10.5. The second-order valence-corrected chi connectivity index (χ2v) is 5.47. The van der Waals surface area contributed by atoms with Gasteiger partial charge in [-0.25, -0.2) is 9.97 Å². The molecule has 0 saturated heterocycles. The molecule has 0 aliphatic heterocycles. The summed E-state index contributed by atoms with van der Waals surface area (Å²) in [6, 6.07) is 6.23. The smallest absolute Gasteiger partial charge is 0.159 e. The average molecular weight is 306 g/mol. The van der Waals surface area contributed by atoms with E-state index in [9.17, 15) is 0 Å². The highest BCUT2D eigenvalue weighted by Gasteiger charge is 2.06. The lowest BCUT2D eigenvalue weighted by molar-refractivity contribution is 0.732. The third-order valence-electron chi connectivity index (χ3n) is 2.69. The summed E-state index contributed by atoms with van der Waals surface area (Å²) < 4.78 is 1.07. The lowest BCUT2D eigenvalue weighted by Gasteiger charge is -2.07. The zero-order chi connectivity index (χ0) is 13.1. The molecule has 2 N–H and O–H groups in total. The molecule has 1 aromatic heterocycles. The summed E-state index contributed by atoms with van der Waals surface area (Å²) in [5.74, 6) is 0.758. The number of aromatic nitrogens is 2. The summed E-state index contributed by atoms with van der Waals surface area (Å²) in [5.41, 5.74) is 9.04. The Morgan fingerprint density at radius 1 is 1.28 bits per heavy atom. The largest absolute Gasteiger partial charge is 0.328 e. The molecule has 0 spiro atoms. The molecular formula is C14H16BrN3. The quantitative estimate of drug-likeness (QED) is 0.948. The fraction of sp³-hybridized carbons (Fsp3) is 0.286. The third kappa shape index (κ3) is 3.15. The second kappa shape index (κ2) is 5.59. The van der Waals surface area contributed by atoms with E-state index in [1.54, 1.807) is 0 Å². The summed E-state index contributed by atoms with van der Waals surface area (Å²) in [5, 5.41) is 0. The van der Waals surface area contributed by atoms with E-state index < -0.39 is 0 Å². The van der Waals surface area contributed by atoms with Crippen molar-refractivity contribution in [1.82, 2.24) is 9.97 Å². The van der Waals surface area contributed by atoms with E-state index in [1.807, 2.05) is 31.5 Å². The molecule has 0 aliphatic carbocycles. The lowest BCUT2D eigenvalue weighted by atomic mass is 10.1. The van der Waals surface area contributed by atoms with Crippen LogP contribution in [0.5, 0.6) is 0 Å². The van der Waals surface area contributed by atoms with Gasteiger partial charge in [-0.05, 0) is 49.6 Å². The van der Waals surface area contributed by atoms with Gasteiger partial charge in [0.2, 0.25) is 0 Å². The molecule has 18 heavy (non-hydrogen) atoms. The molecule has 1 atom stereocenters. The molecule has 1 heterocycles. The van der Waals surface area contributed by atoms with Gasteiger partial charge < -0.3 is 5.73 Å². The third-order valence-corrected chi connectivity index (χ3v) is 3.19. The van der Waals surface area contributed by atoms with Crippen LogP contribution in [0.4, 0.5) is 0 Å². The predicted octanol–water partition coefficient (Wildman–Crippen LogP) is 3.10. The van der Waals surface area contributed by atoms with Crippen molar-refractivity contribution in [1.29, 1.82) is 0 Å². The van der Waals surface area contributed by atoms with Crippen LogP contribution in [0.2, 0.25) is 0 Å². The fourth-order valence-corrected chi connectivity index (χ4v) is 2.32.